The molecule has 0 radical (unpaired) electrons. The lowest BCUT2D eigenvalue weighted by Crippen LogP contribution is -2.46. The van der Waals surface area contributed by atoms with E-state index < -0.39 is 30.3 Å². The standard InChI is InChI=1S/2C26H18N2O3S.2Al.O/c2*29-21-8-3-1-6-18(21)15-27-25-20-14-17(24-10-5-13-32-24)11-12-23(20)31-26(25)28-16-19-7-2-4-9-22(19)30;;;/h2*1-16,29-30H;;;/q;;2*+2;/p-4/b2*27-15?,28-16+;;;. The van der Waals surface area contributed by atoms with Crippen molar-refractivity contribution in [1.82, 2.24) is 0 Å². The van der Waals surface area contributed by atoms with Gasteiger partial charge >= 0.3 is 30.3 Å². The molecule has 0 aliphatic carbocycles. The van der Waals surface area contributed by atoms with Crippen molar-refractivity contribution in [2.24, 2.45) is 20.0 Å². The van der Waals surface area contributed by atoms with E-state index >= 15 is 0 Å². The first-order chi connectivity index (χ1) is 33.1. The summed E-state index contributed by atoms with van der Waals surface area (Å²) in [6, 6.07) is 50.8. The van der Waals surface area contributed by atoms with Crippen LogP contribution in [0, 0.1) is 0 Å². The van der Waals surface area contributed by atoms with Crippen molar-refractivity contribution in [3.63, 3.8) is 0 Å². The molecule has 2 aliphatic heterocycles. The summed E-state index contributed by atoms with van der Waals surface area (Å²) in [4.78, 5) is 22.0. The zero-order valence-electron chi connectivity index (χ0n) is 35.1. The number of nitrogens with zero attached hydrogens (tertiary/aromatic N) is 4. The molecule has 2 aliphatic rings. The molecule has 6 heterocycles. The average Bonchev–Trinajstić information content (AvgIpc) is 4.20. The summed E-state index contributed by atoms with van der Waals surface area (Å²) >= 11 is -3.27. The first kappa shape index (κ1) is 41.2. The number of furan rings is 2. The molecule has 12 rings (SSSR count). The molecule has 11 nitrogen and oxygen atoms in total. The van der Waals surface area contributed by atoms with Crippen molar-refractivity contribution in [3.8, 4) is 43.9 Å². The van der Waals surface area contributed by atoms with Crippen LogP contribution in [0.3, 0.4) is 0 Å². The Morgan fingerprint density at radius 3 is 1.13 bits per heavy atom. The number of hydrogen-bond donors (Lipinski definition) is 0. The molecule has 0 atom stereocenters. The van der Waals surface area contributed by atoms with Crippen molar-refractivity contribution >= 4 is 123 Å². The molecule has 0 unspecified atom stereocenters. The molecule has 10 aromatic rings. The van der Waals surface area contributed by atoms with Crippen molar-refractivity contribution in [1.29, 1.82) is 0 Å². The van der Waals surface area contributed by atoms with Gasteiger partial charge in [-0.25, -0.2) is 20.0 Å². The molecule has 0 saturated heterocycles. The maximum absolute atomic E-state index is 6.91. The highest BCUT2D eigenvalue weighted by molar-refractivity contribution is 7.13. The Hall–Kier alpha value is -7.30. The number of para-hydroxylation sites is 4. The van der Waals surface area contributed by atoms with Gasteiger partial charge in [0.25, 0.3) is 0 Å². The van der Waals surface area contributed by atoms with E-state index in [-0.39, 0.29) is 0 Å². The van der Waals surface area contributed by atoms with E-state index in [9.17, 15) is 0 Å². The van der Waals surface area contributed by atoms with E-state index in [1.165, 1.54) is 0 Å². The Morgan fingerprint density at radius 2 is 0.761 bits per heavy atom. The summed E-state index contributed by atoms with van der Waals surface area (Å²) in [5.41, 5.74) is 7.35. The number of hydrogen-bond acceptors (Lipinski definition) is 13. The highest BCUT2D eigenvalue weighted by atomic mass is 32.1. The maximum Gasteiger partial charge on any atom is 1.07 e. The normalized spacial score (nSPS) is 14.3. The third-order valence-electron chi connectivity index (χ3n) is 11.0. The molecule has 0 saturated carbocycles. The number of thiophene rings is 2. The van der Waals surface area contributed by atoms with Gasteiger partial charge in [0.05, 0.1) is 23.0 Å². The molecule has 320 valence electrons. The molecule has 4 aromatic heterocycles. The van der Waals surface area contributed by atoms with Crippen LogP contribution in [0.4, 0.5) is 23.1 Å². The highest BCUT2D eigenvalue weighted by Crippen LogP contribution is 2.44. The summed E-state index contributed by atoms with van der Waals surface area (Å²) < 4.78 is 46.8. The Balaban J connectivity index is 0.933. The van der Waals surface area contributed by atoms with Gasteiger partial charge in [-0.3, -0.25) is 0 Å². The van der Waals surface area contributed by atoms with Crippen LogP contribution in [0.5, 0.6) is 23.0 Å². The fourth-order valence-electron chi connectivity index (χ4n) is 7.73. The van der Waals surface area contributed by atoms with E-state index in [4.69, 9.17) is 46.8 Å². The fourth-order valence-corrected chi connectivity index (χ4v) is 12.6. The Labute approximate surface area is 401 Å². The first-order valence-corrected chi connectivity index (χ1v) is 25.8. The highest BCUT2D eigenvalue weighted by Gasteiger charge is 2.53. The van der Waals surface area contributed by atoms with Crippen molar-refractivity contribution < 1.29 is 26.8 Å². The van der Waals surface area contributed by atoms with Gasteiger partial charge in [0, 0.05) is 67.6 Å². The van der Waals surface area contributed by atoms with Crippen LogP contribution >= 0.6 is 22.7 Å². The minimum absolute atomic E-state index is 0.356. The second-order valence-corrected chi connectivity index (χ2v) is 20.3. The van der Waals surface area contributed by atoms with Gasteiger partial charge in [-0.15, -0.1) is 22.7 Å². The molecule has 6 aromatic carbocycles. The van der Waals surface area contributed by atoms with Crippen molar-refractivity contribution in [2.75, 3.05) is 0 Å². The maximum atomic E-state index is 6.91. The first-order valence-electron chi connectivity index (χ1n) is 21.2. The van der Waals surface area contributed by atoms with E-state index in [0.717, 1.165) is 31.7 Å². The van der Waals surface area contributed by atoms with Crippen LogP contribution in [0.15, 0.2) is 197 Å². The molecule has 67 heavy (non-hydrogen) atoms. The summed E-state index contributed by atoms with van der Waals surface area (Å²) in [5.74, 6) is 2.68. The molecule has 0 fully saturated rings. The second kappa shape index (κ2) is 18.2. The minimum atomic E-state index is -3.31. The smallest absolute Gasteiger partial charge is 0.589 e. The van der Waals surface area contributed by atoms with Gasteiger partial charge < -0.3 is 26.8 Å². The molecule has 0 bridgehead atoms. The van der Waals surface area contributed by atoms with E-state index in [2.05, 4.69) is 35.0 Å². The van der Waals surface area contributed by atoms with E-state index in [0.29, 0.717) is 79.6 Å². The van der Waals surface area contributed by atoms with Crippen LogP contribution in [0.1, 0.15) is 22.3 Å². The molecule has 0 spiro atoms. The Bertz CT molecular complexity index is 3330. The lowest BCUT2D eigenvalue weighted by Gasteiger charge is -2.22. The fraction of sp³-hybridized carbons (Fsp3) is 0. The predicted octanol–water partition coefficient (Wildman–Crippen LogP) is 13.9. The lowest BCUT2D eigenvalue weighted by atomic mass is 10.1. The van der Waals surface area contributed by atoms with Crippen molar-refractivity contribution in [2.45, 2.75) is 0 Å². The largest absolute Gasteiger partial charge is 1.07 e. The average molecular weight is 943 g/mol. The van der Waals surface area contributed by atoms with Crippen LogP contribution in [-0.2, 0) is 2.84 Å². The Morgan fingerprint density at radius 1 is 0.388 bits per heavy atom. The van der Waals surface area contributed by atoms with Gasteiger partial charge in [0.15, 0.2) is 0 Å². The van der Waals surface area contributed by atoms with Crippen LogP contribution < -0.4 is 15.2 Å². The summed E-state index contributed by atoms with van der Waals surface area (Å²) in [6.07, 6.45) is 6.90. The summed E-state index contributed by atoms with van der Waals surface area (Å²) in [7, 11) is 0. The monoisotopic (exact) mass is 942 g/mol. The molecular weight excluding hydrogens is 911 g/mol. The third-order valence-corrected chi connectivity index (χ3v) is 16.4. The van der Waals surface area contributed by atoms with Crippen LogP contribution in [0.25, 0.3) is 42.8 Å². The molecular formula is C52H32Al2N4O7S2. The number of benzene rings is 6. The van der Waals surface area contributed by atoms with Crippen LogP contribution in [-0.4, -0.2) is 55.2 Å². The van der Waals surface area contributed by atoms with Gasteiger partial charge in [-0.1, -0.05) is 60.7 Å². The lowest BCUT2D eigenvalue weighted by molar-refractivity contribution is 0.236. The number of aliphatic imine (C=N–C) groups is 4. The number of rotatable bonds is 4. The third kappa shape index (κ3) is 8.54. The van der Waals surface area contributed by atoms with Gasteiger partial charge in [0.2, 0.25) is 11.8 Å². The second-order valence-electron chi connectivity index (χ2n) is 15.3. The molecule has 15 heteroatoms. The Kier molecular flexibility index (Phi) is 11.2. The van der Waals surface area contributed by atoms with Crippen molar-refractivity contribution in [3.05, 3.63) is 191 Å². The van der Waals surface area contributed by atoms with Gasteiger partial charge in [-0.05, 0) is 119 Å². The minimum Gasteiger partial charge on any atom is -0.589 e. The molecule has 0 N–H and O–H groups in total. The quantitative estimate of drug-likeness (QED) is 0.161. The topological polar surface area (TPSA) is 122 Å². The zero-order chi connectivity index (χ0) is 44.5. The summed E-state index contributed by atoms with van der Waals surface area (Å²) in [6.45, 7) is 0. The molecule has 0 amide bonds. The van der Waals surface area contributed by atoms with Gasteiger partial charge in [0.1, 0.15) is 22.5 Å². The van der Waals surface area contributed by atoms with E-state index in [1.807, 2.05) is 133 Å². The van der Waals surface area contributed by atoms with Crippen LogP contribution in [0.2, 0.25) is 0 Å². The van der Waals surface area contributed by atoms with E-state index in [1.54, 1.807) is 47.5 Å². The van der Waals surface area contributed by atoms with Gasteiger partial charge in [-0.2, -0.15) is 0 Å². The number of fused-ring (bicyclic) bond motifs is 10. The summed E-state index contributed by atoms with van der Waals surface area (Å²) in [5, 5.41) is 5.79. The SMILES string of the molecule is C1=Nc2c(oc3ccc(-c4cccs4)cc23)/N=C/c2ccccc2[O][Al]([O][Al]2[O]c3ccccc3C=Nc3c(oc4ccc(-c5cccs5)cc34)/N=C/c3ccccc3[O]2)[O]c2ccccc21. The predicted molar refractivity (Wildman–Crippen MR) is 269 cm³/mol. The zero-order valence-corrected chi connectivity index (χ0v) is 39.0.